The molecule has 7 nitrogen and oxygen atoms in total. The Balaban J connectivity index is 1.40. The second-order valence-electron chi connectivity index (χ2n) is 7.94. The highest BCUT2D eigenvalue weighted by Gasteiger charge is 2.38. The zero-order valence-electron chi connectivity index (χ0n) is 18.7. The molecule has 1 atom stereocenters. The summed E-state index contributed by atoms with van der Waals surface area (Å²) in [4.78, 5) is 44.7. The maximum Gasteiger partial charge on any atom is 0.311 e. The van der Waals surface area contributed by atoms with E-state index in [1.54, 1.807) is 24.3 Å². The van der Waals surface area contributed by atoms with E-state index in [0.29, 0.717) is 16.4 Å². The number of aromatic nitrogens is 1. The monoisotopic (exact) mass is 464 g/mol. The molecule has 1 aliphatic heterocycles. The van der Waals surface area contributed by atoms with Crippen LogP contribution in [0.15, 0.2) is 48.5 Å². The van der Waals surface area contributed by atoms with Crippen molar-refractivity contribution in [3.8, 4) is 17.0 Å². The lowest BCUT2D eigenvalue weighted by Crippen LogP contribution is -2.27. The minimum Gasteiger partial charge on any atom is -0.497 e. The maximum absolute atomic E-state index is 12.6. The zero-order valence-corrected chi connectivity index (χ0v) is 19.5. The van der Waals surface area contributed by atoms with Crippen molar-refractivity contribution in [2.45, 2.75) is 20.3 Å². The fourth-order valence-corrected chi connectivity index (χ4v) is 4.62. The molecular weight excluding hydrogens is 440 g/mol. The summed E-state index contributed by atoms with van der Waals surface area (Å²) in [6.07, 6.45) is 0.0324. The molecule has 1 unspecified atom stereocenters. The highest BCUT2D eigenvalue weighted by molar-refractivity contribution is 7.16. The normalized spacial score (nSPS) is 15.5. The Kier molecular flexibility index (Phi) is 6.55. The minimum atomic E-state index is -0.636. The standard InChI is InChI=1S/C25H24N2O5S/c1-15-7-9-17(10-8-15)23-16(2)33-25(26-23)27-13-19(12-22(27)29)24(30)32-14-21(28)18-5-4-6-20(11-18)31-3/h4-11,19H,12-14H2,1-3H3. The van der Waals surface area contributed by atoms with Crippen LogP contribution >= 0.6 is 11.3 Å². The summed E-state index contributed by atoms with van der Waals surface area (Å²) < 4.78 is 10.3. The smallest absolute Gasteiger partial charge is 0.311 e. The fourth-order valence-electron chi connectivity index (χ4n) is 3.66. The van der Waals surface area contributed by atoms with E-state index in [0.717, 1.165) is 21.7 Å². The molecule has 1 aliphatic rings. The number of anilines is 1. The number of thiazole rings is 1. The van der Waals surface area contributed by atoms with Crippen LogP contribution in [0.4, 0.5) is 5.13 Å². The summed E-state index contributed by atoms with van der Waals surface area (Å²) >= 11 is 1.42. The third kappa shape index (κ3) is 4.96. The second kappa shape index (κ2) is 9.54. The average molecular weight is 465 g/mol. The molecule has 1 saturated heterocycles. The van der Waals surface area contributed by atoms with E-state index in [1.165, 1.54) is 23.3 Å². The average Bonchev–Trinajstić information content (AvgIpc) is 3.40. The van der Waals surface area contributed by atoms with E-state index in [9.17, 15) is 14.4 Å². The number of hydrogen-bond donors (Lipinski definition) is 0. The molecule has 0 radical (unpaired) electrons. The molecule has 0 aliphatic carbocycles. The van der Waals surface area contributed by atoms with Gasteiger partial charge in [0.25, 0.3) is 0 Å². The van der Waals surface area contributed by atoms with Crippen LogP contribution in [0.5, 0.6) is 5.75 Å². The van der Waals surface area contributed by atoms with Gasteiger partial charge in [0.15, 0.2) is 17.5 Å². The number of hydrogen-bond acceptors (Lipinski definition) is 7. The molecule has 1 aromatic heterocycles. The van der Waals surface area contributed by atoms with Crippen LogP contribution in [0.2, 0.25) is 0 Å². The number of amides is 1. The summed E-state index contributed by atoms with van der Waals surface area (Å²) in [5.41, 5.74) is 3.37. The first-order valence-corrected chi connectivity index (χ1v) is 11.4. The Morgan fingerprint density at radius 1 is 1.15 bits per heavy atom. The van der Waals surface area contributed by atoms with E-state index < -0.39 is 11.9 Å². The van der Waals surface area contributed by atoms with Gasteiger partial charge in [-0.25, -0.2) is 4.98 Å². The lowest BCUT2D eigenvalue weighted by atomic mass is 10.1. The number of ether oxygens (including phenoxy) is 2. The minimum absolute atomic E-state index is 0.0324. The van der Waals surface area contributed by atoms with Crippen molar-refractivity contribution in [1.82, 2.24) is 4.98 Å². The van der Waals surface area contributed by atoms with Crippen molar-refractivity contribution in [3.63, 3.8) is 0 Å². The molecular formula is C25H24N2O5S. The highest BCUT2D eigenvalue weighted by atomic mass is 32.1. The van der Waals surface area contributed by atoms with Crippen LogP contribution in [-0.2, 0) is 14.3 Å². The fraction of sp³-hybridized carbons (Fsp3) is 0.280. The quantitative estimate of drug-likeness (QED) is 0.385. The van der Waals surface area contributed by atoms with Gasteiger partial charge in [-0.2, -0.15) is 0 Å². The Labute approximate surface area is 196 Å². The van der Waals surface area contributed by atoms with E-state index in [2.05, 4.69) is 4.98 Å². The molecule has 4 rings (SSSR count). The summed E-state index contributed by atoms with van der Waals surface area (Å²) in [6.45, 7) is 3.79. The van der Waals surface area contributed by atoms with Crippen molar-refractivity contribution in [1.29, 1.82) is 0 Å². The Hall–Kier alpha value is -3.52. The Bertz CT molecular complexity index is 1200. The van der Waals surface area contributed by atoms with Crippen molar-refractivity contribution < 1.29 is 23.9 Å². The number of methoxy groups -OCH3 is 1. The zero-order chi connectivity index (χ0) is 23.5. The first-order chi connectivity index (χ1) is 15.9. The number of rotatable bonds is 7. The molecule has 0 saturated carbocycles. The van der Waals surface area contributed by atoms with E-state index >= 15 is 0 Å². The van der Waals surface area contributed by atoms with E-state index in [4.69, 9.17) is 9.47 Å². The number of benzene rings is 2. The van der Waals surface area contributed by atoms with Gasteiger partial charge >= 0.3 is 5.97 Å². The number of esters is 1. The second-order valence-corrected chi connectivity index (χ2v) is 9.12. The lowest BCUT2D eigenvalue weighted by Gasteiger charge is -2.13. The van der Waals surface area contributed by atoms with E-state index in [-0.39, 0.29) is 31.3 Å². The predicted octanol–water partition coefficient (Wildman–Crippen LogP) is 4.21. The van der Waals surface area contributed by atoms with Crippen LogP contribution < -0.4 is 9.64 Å². The Morgan fingerprint density at radius 3 is 2.64 bits per heavy atom. The van der Waals surface area contributed by atoms with Crippen molar-refractivity contribution in [2.75, 3.05) is 25.2 Å². The van der Waals surface area contributed by atoms with Gasteiger partial charge in [0, 0.05) is 29.0 Å². The third-order valence-corrected chi connectivity index (χ3v) is 6.53. The molecule has 170 valence electrons. The molecule has 8 heteroatoms. The van der Waals surface area contributed by atoms with Crippen LogP contribution in [-0.4, -0.2) is 42.9 Å². The van der Waals surface area contributed by atoms with Crippen molar-refractivity contribution in [3.05, 3.63) is 64.5 Å². The number of Topliss-reactive ketones (excluding diaryl/α,β-unsaturated/α-hetero) is 1. The van der Waals surface area contributed by atoms with Gasteiger partial charge in [-0.3, -0.25) is 19.3 Å². The molecule has 0 spiro atoms. The lowest BCUT2D eigenvalue weighted by molar-refractivity contribution is -0.147. The number of carbonyl (C=O) groups excluding carboxylic acids is 3. The van der Waals surface area contributed by atoms with Gasteiger partial charge in [0.2, 0.25) is 5.91 Å². The first-order valence-electron chi connectivity index (χ1n) is 10.5. The number of aryl methyl sites for hydroxylation is 2. The van der Waals surface area contributed by atoms with Gasteiger partial charge in [-0.1, -0.05) is 42.0 Å². The maximum atomic E-state index is 12.6. The molecule has 3 aromatic rings. The third-order valence-electron chi connectivity index (χ3n) is 5.54. The summed E-state index contributed by atoms with van der Waals surface area (Å²) in [7, 11) is 1.51. The van der Waals surface area contributed by atoms with Gasteiger partial charge in [0.05, 0.1) is 18.7 Å². The summed E-state index contributed by atoms with van der Waals surface area (Å²) in [6, 6.07) is 14.7. The molecule has 2 aromatic carbocycles. The predicted molar refractivity (Wildman–Crippen MR) is 126 cm³/mol. The van der Waals surface area contributed by atoms with Crippen molar-refractivity contribution in [2.24, 2.45) is 5.92 Å². The van der Waals surface area contributed by atoms with Gasteiger partial charge in [-0.15, -0.1) is 11.3 Å². The highest BCUT2D eigenvalue weighted by Crippen LogP contribution is 2.35. The molecule has 33 heavy (non-hydrogen) atoms. The number of carbonyl (C=O) groups is 3. The molecule has 0 bridgehead atoms. The van der Waals surface area contributed by atoms with Crippen LogP contribution in [0.1, 0.15) is 27.2 Å². The molecule has 2 heterocycles. The van der Waals surface area contributed by atoms with Gasteiger partial charge in [-0.05, 0) is 26.0 Å². The van der Waals surface area contributed by atoms with Gasteiger partial charge < -0.3 is 9.47 Å². The van der Waals surface area contributed by atoms with Crippen molar-refractivity contribution >= 4 is 34.1 Å². The van der Waals surface area contributed by atoms with Crippen LogP contribution in [0.3, 0.4) is 0 Å². The first kappa shape index (κ1) is 22.7. The summed E-state index contributed by atoms with van der Waals surface area (Å²) in [5, 5.41) is 0.566. The summed E-state index contributed by atoms with van der Waals surface area (Å²) in [5.74, 6) is -1.16. The number of nitrogens with zero attached hydrogens (tertiary/aromatic N) is 2. The van der Waals surface area contributed by atoms with E-state index in [1.807, 2.05) is 38.1 Å². The van der Waals surface area contributed by atoms with Gasteiger partial charge in [0.1, 0.15) is 5.75 Å². The van der Waals surface area contributed by atoms with Crippen LogP contribution in [0.25, 0.3) is 11.3 Å². The molecule has 1 amide bonds. The molecule has 1 fully saturated rings. The largest absolute Gasteiger partial charge is 0.497 e. The number of ketones is 1. The van der Waals surface area contributed by atoms with Crippen LogP contribution in [0, 0.1) is 19.8 Å². The molecule has 0 N–H and O–H groups in total. The Morgan fingerprint density at radius 2 is 1.91 bits per heavy atom. The SMILES string of the molecule is COc1cccc(C(=O)COC(=O)C2CC(=O)N(c3nc(-c4ccc(C)cc4)c(C)s3)C2)c1. The topological polar surface area (TPSA) is 85.8 Å².